The van der Waals surface area contributed by atoms with Crippen LogP contribution in [0.3, 0.4) is 0 Å². The molecule has 1 saturated heterocycles. The average molecular weight is 636 g/mol. The first-order valence-electron chi connectivity index (χ1n) is 16.1. The SMILES string of the molecule is COC(=O)c1ccc(COC2CCN(C(=O)C(NC(=O)OC(C)(C)C)C(C)(C)C)C(C(=O)NC3CCCc4ccccc43)C2)cc1. The summed E-state index contributed by atoms with van der Waals surface area (Å²) in [5, 5.41) is 6.04. The fourth-order valence-corrected chi connectivity index (χ4v) is 6.08. The molecular weight excluding hydrogens is 586 g/mol. The molecule has 1 heterocycles. The van der Waals surface area contributed by atoms with E-state index in [9.17, 15) is 19.2 Å². The maximum atomic E-state index is 14.2. The van der Waals surface area contributed by atoms with E-state index in [1.807, 2.05) is 45.0 Å². The molecule has 1 aliphatic carbocycles. The summed E-state index contributed by atoms with van der Waals surface area (Å²) in [5.74, 6) is -0.983. The first-order chi connectivity index (χ1) is 21.7. The van der Waals surface area contributed by atoms with Crippen LogP contribution in [0.1, 0.15) is 100 Å². The fraction of sp³-hybridized carbons (Fsp3) is 0.556. The Morgan fingerprint density at radius 3 is 2.30 bits per heavy atom. The fourth-order valence-electron chi connectivity index (χ4n) is 6.08. The molecule has 3 amide bonds. The van der Waals surface area contributed by atoms with Gasteiger partial charge >= 0.3 is 12.1 Å². The molecule has 4 unspecified atom stereocenters. The van der Waals surface area contributed by atoms with Crippen molar-refractivity contribution in [3.8, 4) is 0 Å². The molecule has 46 heavy (non-hydrogen) atoms. The van der Waals surface area contributed by atoms with Crippen molar-refractivity contribution in [2.24, 2.45) is 5.41 Å². The van der Waals surface area contributed by atoms with Crippen molar-refractivity contribution in [1.29, 1.82) is 0 Å². The van der Waals surface area contributed by atoms with E-state index in [1.54, 1.807) is 37.8 Å². The second-order valence-electron chi connectivity index (χ2n) is 14.3. The zero-order valence-corrected chi connectivity index (χ0v) is 28.2. The van der Waals surface area contributed by atoms with Gasteiger partial charge in [-0.05, 0) is 80.7 Å². The summed E-state index contributed by atoms with van der Waals surface area (Å²) >= 11 is 0. The first-order valence-corrected chi connectivity index (χ1v) is 16.1. The predicted octanol–water partition coefficient (Wildman–Crippen LogP) is 5.48. The van der Waals surface area contributed by atoms with Gasteiger partial charge in [-0.15, -0.1) is 0 Å². The van der Waals surface area contributed by atoms with E-state index in [-0.39, 0.29) is 37.1 Å². The molecule has 2 aromatic carbocycles. The van der Waals surface area contributed by atoms with Crippen LogP contribution in [0.2, 0.25) is 0 Å². The smallest absolute Gasteiger partial charge is 0.408 e. The number of esters is 1. The highest BCUT2D eigenvalue weighted by Gasteiger charge is 2.44. The number of methoxy groups -OCH3 is 1. The number of hydrogen-bond acceptors (Lipinski definition) is 7. The number of ether oxygens (including phenoxy) is 3. The zero-order chi connectivity index (χ0) is 33.6. The molecule has 10 nitrogen and oxygen atoms in total. The van der Waals surface area contributed by atoms with Crippen molar-refractivity contribution in [2.45, 2.75) is 110 Å². The van der Waals surface area contributed by atoms with E-state index in [4.69, 9.17) is 14.2 Å². The third-order valence-corrected chi connectivity index (χ3v) is 8.46. The Balaban J connectivity index is 1.54. The summed E-state index contributed by atoms with van der Waals surface area (Å²) in [5.41, 5.74) is 2.28. The van der Waals surface area contributed by atoms with E-state index in [2.05, 4.69) is 22.8 Å². The number of carbonyl (C=O) groups is 4. The maximum Gasteiger partial charge on any atom is 0.408 e. The lowest BCUT2D eigenvalue weighted by Crippen LogP contribution is -2.62. The molecule has 1 aliphatic heterocycles. The second kappa shape index (κ2) is 14.7. The van der Waals surface area contributed by atoms with Gasteiger partial charge in [-0.1, -0.05) is 57.2 Å². The van der Waals surface area contributed by atoms with Crippen LogP contribution in [0.15, 0.2) is 48.5 Å². The number of amides is 3. The Morgan fingerprint density at radius 1 is 0.957 bits per heavy atom. The van der Waals surface area contributed by atoms with Crippen LogP contribution in [0.4, 0.5) is 4.79 Å². The standard InChI is InChI=1S/C36H49N3O7/c1-35(2,3)30(38-34(43)46-36(4,5)6)32(41)39-20-19-26(45-22-23-15-17-25(18-16-23)33(42)44-7)21-29(39)31(40)37-28-14-10-12-24-11-8-9-13-27(24)28/h8-9,11,13,15-18,26,28-30H,10,12,14,19-22H2,1-7H3,(H,37,40)(H,38,43). The number of hydrogen-bond donors (Lipinski definition) is 2. The summed E-state index contributed by atoms with van der Waals surface area (Å²) in [7, 11) is 1.34. The van der Waals surface area contributed by atoms with E-state index in [1.165, 1.54) is 12.7 Å². The molecule has 0 radical (unpaired) electrons. The monoisotopic (exact) mass is 635 g/mol. The largest absolute Gasteiger partial charge is 0.465 e. The number of alkyl carbamates (subject to hydrolysis) is 1. The van der Waals surface area contributed by atoms with Crippen LogP contribution < -0.4 is 10.6 Å². The van der Waals surface area contributed by atoms with Crippen molar-refractivity contribution >= 4 is 23.9 Å². The molecule has 10 heteroatoms. The number of aryl methyl sites for hydroxylation is 1. The number of nitrogens with one attached hydrogen (secondary N) is 2. The van der Waals surface area contributed by atoms with Crippen molar-refractivity contribution in [3.63, 3.8) is 0 Å². The molecule has 2 N–H and O–H groups in total. The number of piperidine rings is 1. The van der Waals surface area contributed by atoms with Gasteiger partial charge in [0.2, 0.25) is 11.8 Å². The first kappa shape index (κ1) is 34.9. The summed E-state index contributed by atoms with van der Waals surface area (Å²) in [6, 6.07) is 13.3. The molecule has 0 spiro atoms. The van der Waals surface area contributed by atoms with Gasteiger partial charge in [-0.25, -0.2) is 9.59 Å². The molecule has 2 aromatic rings. The second-order valence-corrected chi connectivity index (χ2v) is 14.3. The van der Waals surface area contributed by atoms with Gasteiger partial charge in [0, 0.05) is 13.0 Å². The third kappa shape index (κ3) is 9.09. The molecule has 0 aromatic heterocycles. The lowest BCUT2D eigenvalue weighted by atomic mass is 9.84. The summed E-state index contributed by atoms with van der Waals surface area (Å²) in [6.07, 6.45) is 2.59. The Bertz CT molecular complexity index is 1390. The molecule has 250 valence electrons. The average Bonchev–Trinajstić information content (AvgIpc) is 3.01. The van der Waals surface area contributed by atoms with E-state index in [0.717, 1.165) is 30.4 Å². The Kier molecular flexibility index (Phi) is 11.1. The van der Waals surface area contributed by atoms with E-state index < -0.39 is 35.2 Å². The van der Waals surface area contributed by atoms with Crippen molar-refractivity contribution in [2.75, 3.05) is 13.7 Å². The highest BCUT2D eigenvalue weighted by Crippen LogP contribution is 2.32. The van der Waals surface area contributed by atoms with Gasteiger partial charge in [-0.3, -0.25) is 9.59 Å². The Morgan fingerprint density at radius 2 is 1.65 bits per heavy atom. The quantitative estimate of drug-likeness (QED) is 0.368. The van der Waals surface area contributed by atoms with Gasteiger partial charge in [-0.2, -0.15) is 0 Å². The van der Waals surface area contributed by atoms with Gasteiger partial charge in [0.25, 0.3) is 0 Å². The minimum atomic E-state index is -0.918. The Hall–Kier alpha value is -3.92. The van der Waals surface area contributed by atoms with Crippen LogP contribution >= 0.6 is 0 Å². The van der Waals surface area contributed by atoms with Crippen molar-refractivity contribution in [1.82, 2.24) is 15.5 Å². The van der Waals surface area contributed by atoms with Crippen LogP contribution in [-0.2, 0) is 36.8 Å². The van der Waals surface area contributed by atoms with Crippen molar-refractivity contribution < 1.29 is 33.4 Å². The highest BCUT2D eigenvalue weighted by atomic mass is 16.6. The van der Waals surface area contributed by atoms with Gasteiger partial charge < -0.3 is 29.7 Å². The number of benzene rings is 2. The number of nitrogens with zero attached hydrogens (tertiary/aromatic N) is 1. The minimum absolute atomic E-state index is 0.151. The molecule has 0 saturated carbocycles. The number of carbonyl (C=O) groups excluding carboxylic acids is 4. The summed E-state index contributed by atoms with van der Waals surface area (Å²) < 4.78 is 16.5. The summed E-state index contributed by atoms with van der Waals surface area (Å²) in [4.78, 5) is 54.6. The topological polar surface area (TPSA) is 123 Å². The molecule has 2 aliphatic rings. The normalized spacial score (nSPS) is 20.6. The van der Waals surface area contributed by atoms with Crippen LogP contribution in [-0.4, -0.2) is 66.2 Å². The lowest BCUT2D eigenvalue weighted by molar-refractivity contribution is -0.150. The van der Waals surface area contributed by atoms with Crippen LogP contribution in [0, 0.1) is 5.41 Å². The number of rotatable bonds is 8. The highest BCUT2D eigenvalue weighted by molar-refractivity contribution is 5.92. The zero-order valence-electron chi connectivity index (χ0n) is 28.2. The Labute approximate surface area is 272 Å². The predicted molar refractivity (Wildman–Crippen MR) is 174 cm³/mol. The van der Waals surface area contributed by atoms with Gasteiger partial charge in [0.05, 0.1) is 31.4 Å². The van der Waals surface area contributed by atoms with Gasteiger partial charge in [0.15, 0.2) is 0 Å². The summed E-state index contributed by atoms with van der Waals surface area (Å²) in [6.45, 7) is 11.5. The molecular formula is C36H49N3O7. The van der Waals surface area contributed by atoms with E-state index >= 15 is 0 Å². The molecule has 1 fully saturated rings. The molecule has 4 rings (SSSR count). The minimum Gasteiger partial charge on any atom is -0.465 e. The number of likely N-dealkylation sites (tertiary alicyclic amines) is 1. The van der Waals surface area contributed by atoms with Gasteiger partial charge in [0.1, 0.15) is 17.7 Å². The van der Waals surface area contributed by atoms with E-state index in [0.29, 0.717) is 18.4 Å². The maximum absolute atomic E-state index is 14.2. The van der Waals surface area contributed by atoms with Crippen molar-refractivity contribution in [3.05, 3.63) is 70.8 Å². The molecule has 0 bridgehead atoms. The molecule has 4 atom stereocenters. The number of fused-ring (bicyclic) bond motifs is 1. The van der Waals surface area contributed by atoms with Crippen LogP contribution in [0.25, 0.3) is 0 Å². The third-order valence-electron chi connectivity index (χ3n) is 8.46. The van der Waals surface area contributed by atoms with Crippen LogP contribution in [0.5, 0.6) is 0 Å². The lowest BCUT2D eigenvalue weighted by Gasteiger charge is -2.43.